The van der Waals surface area contributed by atoms with Crippen LogP contribution in [0.3, 0.4) is 0 Å². The molecule has 2 heterocycles. The average Bonchev–Trinajstić information content (AvgIpc) is 2.64. The van der Waals surface area contributed by atoms with E-state index in [0.29, 0.717) is 16.8 Å². The molecule has 0 unspecified atom stereocenters. The lowest BCUT2D eigenvalue weighted by Crippen LogP contribution is -2.16. The largest absolute Gasteiger partial charge is 0.352 e. The van der Waals surface area contributed by atoms with Crippen LogP contribution in [0.15, 0.2) is 54.9 Å². The zero-order valence-corrected chi connectivity index (χ0v) is 15.0. The topological polar surface area (TPSA) is 62.7 Å². The molecule has 0 aliphatic heterocycles. The number of nitrogens with one attached hydrogen (secondary N) is 2. The fourth-order valence-electron chi connectivity index (χ4n) is 2.27. The molecule has 0 radical (unpaired) electrons. The molecule has 5 nitrogen and oxygen atoms in total. The SMILES string of the molecule is CC[C@@H](C)Nc1nc(Nc2ccccc2Cl)cc(-c2ccncc2)n1. The van der Waals surface area contributed by atoms with E-state index in [0.717, 1.165) is 23.4 Å². The molecule has 0 aliphatic rings. The van der Waals surface area contributed by atoms with E-state index >= 15 is 0 Å². The van der Waals surface area contributed by atoms with E-state index in [1.54, 1.807) is 12.4 Å². The monoisotopic (exact) mass is 353 g/mol. The van der Waals surface area contributed by atoms with Crippen molar-refractivity contribution < 1.29 is 0 Å². The fourth-order valence-corrected chi connectivity index (χ4v) is 2.45. The van der Waals surface area contributed by atoms with E-state index in [4.69, 9.17) is 11.6 Å². The minimum atomic E-state index is 0.279. The van der Waals surface area contributed by atoms with Crippen molar-refractivity contribution in [3.8, 4) is 11.3 Å². The number of halogens is 1. The second kappa shape index (κ2) is 7.94. The summed E-state index contributed by atoms with van der Waals surface area (Å²) in [5.41, 5.74) is 2.60. The van der Waals surface area contributed by atoms with Crippen LogP contribution >= 0.6 is 11.6 Å². The molecule has 1 atom stereocenters. The third kappa shape index (κ3) is 4.45. The van der Waals surface area contributed by atoms with E-state index in [-0.39, 0.29) is 6.04 Å². The van der Waals surface area contributed by atoms with Gasteiger partial charge in [-0.05, 0) is 37.6 Å². The van der Waals surface area contributed by atoms with Crippen molar-refractivity contribution in [2.24, 2.45) is 0 Å². The van der Waals surface area contributed by atoms with Crippen molar-refractivity contribution >= 4 is 29.1 Å². The van der Waals surface area contributed by atoms with Crippen molar-refractivity contribution in [1.82, 2.24) is 15.0 Å². The first-order valence-electron chi connectivity index (χ1n) is 8.23. The Morgan fingerprint density at radius 3 is 2.56 bits per heavy atom. The van der Waals surface area contributed by atoms with Crippen LogP contribution in [0.2, 0.25) is 5.02 Å². The van der Waals surface area contributed by atoms with Gasteiger partial charge in [0.1, 0.15) is 5.82 Å². The molecule has 0 fully saturated rings. The highest BCUT2D eigenvalue weighted by Gasteiger charge is 2.10. The van der Waals surface area contributed by atoms with Gasteiger partial charge in [-0.2, -0.15) is 4.98 Å². The minimum Gasteiger partial charge on any atom is -0.352 e. The minimum absolute atomic E-state index is 0.279. The van der Waals surface area contributed by atoms with Gasteiger partial charge in [0.05, 0.1) is 16.4 Å². The summed E-state index contributed by atoms with van der Waals surface area (Å²) >= 11 is 6.25. The van der Waals surface area contributed by atoms with Crippen LogP contribution in [0.4, 0.5) is 17.5 Å². The van der Waals surface area contributed by atoms with Crippen molar-refractivity contribution in [2.45, 2.75) is 26.3 Å². The highest BCUT2D eigenvalue weighted by molar-refractivity contribution is 6.33. The van der Waals surface area contributed by atoms with Crippen LogP contribution in [-0.4, -0.2) is 21.0 Å². The van der Waals surface area contributed by atoms with E-state index in [1.165, 1.54) is 0 Å². The van der Waals surface area contributed by atoms with Gasteiger partial charge in [0.25, 0.3) is 0 Å². The van der Waals surface area contributed by atoms with Gasteiger partial charge in [-0.25, -0.2) is 4.98 Å². The second-order valence-corrected chi connectivity index (χ2v) is 6.16. The van der Waals surface area contributed by atoms with Crippen molar-refractivity contribution in [3.63, 3.8) is 0 Å². The summed E-state index contributed by atoms with van der Waals surface area (Å²) in [7, 11) is 0. The van der Waals surface area contributed by atoms with Crippen LogP contribution in [0, 0.1) is 0 Å². The van der Waals surface area contributed by atoms with Gasteiger partial charge >= 0.3 is 0 Å². The smallest absolute Gasteiger partial charge is 0.225 e. The van der Waals surface area contributed by atoms with Gasteiger partial charge < -0.3 is 10.6 Å². The van der Waals surface area contributed by atoms with Crippen molar-refractivity contribution in [3.05, 3.63) is 59.9 Å². The molecule has 0 saturated carbocycles. The molecule has 6 heteroatoms. The predicted molar refractivity (Wildman–Crippen MR) is 103 cm³/mol. The molecular formula is C19H20ClN5. The average molecular weight is 354 g/mol. The summed E-state index contributed by atoms with van der Waals surface area (Å²) < 4.78 is 0. The Labute approximate surface area is 152 Å². The van der Waals surface area contributed by atoms with Gasteiger partial charge in [0, 0.05) is 30.1 Å². The first-order valence-corrected chi connectivity index (χ1v) is 8.61. The van der Waals surface area contributed by atoms with Gasteiger partial charge in [0.15, 0.2) is 0 Å². The number of rotatable bonds is 6. The molecule has 2 N–H and O–H groups in total. The molecule has 0 saturated heterocycles. The Kier molecular flexibility index (Phi) is 5.46. The zero-order valence-electron chi connectivity index (χ0n) is 14.2. The summed E-state index contributed by atoms with van der Waals surface area (Å²) in [6.07, 6.45) is 4.48. The Morgan fingerprint density at radius 2 is 1.84 bits per heavy atom. The predicted octanol–water partition coefficient (Wildman–Crippen LogP) is 5.15. The molecule has 0 bridgehead atoms. The maximum Gasteiger partial charge on any atom is 0.225 e. The van der Waals surface area contributed by atoms with Crippen LogP contribution in [0.25, 0.3) is 11.3 Å². The number of anilines is 3. The third-order valence-corrected chi connectivity index (χ3v) is 4.16. The van der Waals surface area contributed by atoms with E-state index < -0.39 is 0 Å². The summed E-state index contributed by atoms with van der Waals surface area (Å²) in [6.45, 7) is 4.22. The highest BCUT2D eigenvalue weighted by Crippen LogP contribution is 2.27. The van der Waals surface area contributed by atoms with E-state index in [9.17, 15) is 0 Å². The molecule has 0 spiro atoms. The molecule has 1 aromatic carbocycles. The highest BCUT2D eigenvalue weighted by atomic mass is 35.5. The second-order valence-electron chi connectivity index (χ2n) is 5.76. The molecule has 3 rings (SSSR count). The lowest BCUT2D eigenvalue weighted by molar-refractivity contribution is 0.753. The zero-order chi connectivity index (χ0) is 17.6. The van der Waals surface area contributed by atoms with Gasteiger partial charge in [-0.1, -0.05) is 30.7 Å². The number of aromatic nitrogens is 3. The molecular weight excluding hydrogens is 334 g/mol. The van der Waals surface area contributed by atoms with Gasteiger partial charge in [-0.3, -0.25) is 4.98 Å². The molecule has 3 aromatic rings. The van der Waals surface area contributed by atoms with Crippen molar-refractivity contribution in [1.29, 1.82) is 0 Å². The first kappa shape index (κ1) is 17.2. The number of benzene rings is 1. The third-order valence-electron chi connectivity index (χ3n) is 3.83. The number of pyridine rings is 1. The quantitative estimate of drug-likeness (QED) is 0.642. The molecule has 0 aliphatic carbocycles. The van der Waals surface area contributed by atoms with Crippen molar-refractivity contribution in [2.75, 3.05) is 10.6 Å². The number of hydrogen-bond donors (Lipinski definition) is 2. The summed E-state index contributed by atoms with van der Waals surface area (Å²) in [5, 5.41) is 7.25. The summed E-state index contributed by atoms with van der Waals surface area (Å²) in [6, 6.07) is 13.6. The molecule has 128 valence electrons. The summed E-state index contributed by atoms with van der Waals surface area (Å²) in [4.78, 5) is 13.3. The van der Waals surface area contributed by atoms with Crippen LogP contribution in [0.1, 0.15) is 20.3 Å². The molecule has 25 heavy (non-hydrogen) atoms. The number of para-hydroxylation sites is 1. The lowest BCUT2D eigenvalue weighted by atomic mass is 10.2. The van der Waals surface area contributed by atoms with E-state index in [1.807, 2.05) is 42.5 Å². The normalized spacial score (nSPS) is 11.8. The maximum absolute atomic E-state index is 6.25. The molecule has 0 amide bonds. The van der Waals surface area contributed by atoms with Crippen LogP contribution in [-0.2, 0) is 0 Å². The first-order chi connectivity index (χ1) is 12.2. The Bertz CT molecular complexity index is 838. The lowest BCUT2D eigenvalue weighted by Gasteiger charge is -2.15. The standard InChI is InChI=1S/C19H20ClN5/c1-3-13(2)22-19-24-17(14-8-10-21-11-9-14)12-18(25-19)23-16-7-5-4-6-15(16)20/h4-13H,3H2,1-2H3,(H2,22,23,24,25)/t13-/m1/s1. The number of hydrogen-bond acceptors (Lipinski definition) is 5. The maximum atomic E-state index is 6.25. The van der Waals surface area contributed by atoms with Gasteiger partial charge in [0.2, 0.25) is 5.95 Å². The van der Waals surface area contributed by atoms with Crippen LogP contribution < -0.4 is 10.6 Å². The van der Waals surface area contributed by atoms with Crippen LogP contribution in [0.5, 0.6) is 0 Å². The molecule has 2 aromatic heterocycles. The van der Waals surface area contributed by atoms with E-state index in [2.05, 4.69) is 39.4 Å². The Morgan fingerprint density at radius 1 is 1.08 bits per heavy atom. The Balaban J connectivity index is 1.99. The number of nitrogens with zero attached hydrogens (tertiary/aromatic N) is 3. The fraction of sp³-hybridized carbons (Fsp3) is 0.211. The Hall–Kier alpha value is -2.66. The summed E-state index contributed by atoms with van der Waals surface area (Å²) in [5.74, 6) is 1.26. The van der Waals surface area contributed by atoms with Gasteiger partial charge in [-0.15, -0.1) is 0 Å².